The highest BCUT2D eigenvalue weighted by Crippen LogP contribution is 2.18. The highest BCUT2D eigenvalue weighted by molar-refractivity contribution is 9.10. The first-order valence-electron chi connectivity index (χ1n) is 10.2. The van der Waals surface area contributed by atoms with Crippen LogP contribution in [0.2, 0.25) is 0 Å². The molecule has 1 aliphatic heterocycles. The lowest BCUT2D eigenvalue weighted by Gasteiger charge is -2.28. The molecule has 0 spiro atoms. The molecule has 4 rings (SSSR count). The zero-order chi connectivity index (χ0) is 20.2. The summed E-state index contributed by atoms with van der Waals surface area (Å²) in [6.07, 6.45) is 4.80. The average molecular weight is 452 g/mol. The number of aromatic nitrogens is 2. The van der Waals surface area contributed by atoms with Crippen LogP contribution < -0.4 is 5.56 Å². The van der Waals surface area contributed by atoms with Gasteiger partial charge in [0.15, 0.2) is 0 Å². The summed E-state index contributed by atoms with van der Waals surface area (Å²) in [5.41, 5.74) is 5.69. The van der Waals surface area contributed by atoms with Crippen LogP contribution in [0.15, 0.2) is 64.1 Å². The molecule has 0 radical (unpaired) electrons. The summed E-state index contributed by atoms with van der Waals surface area (Å²) in [5.74, 6) is 0. The maximum Gasteiger partial charge on any atom is 0.258 e. The second-order valence-corrected chi connectivity index (χ2v) is 8.68. The van der Waals surface area contributed by atoms with E-state index in [-0.39, 0.29) is 5.56 Å². The van der Waals surface area contributed by atoms with Gasteiger partial charge in [-0.3, -0.25) is 14.3 Å². The molecular weight excluding hydrogens is 426 g/mol. The van der Waals surface area contributed by atoms with Crippen LogP contribution in [0, 0.1) is 0 Å². The minimum atomic E-state index is 0.0855. The quantitative estimate of drug-likeness (QED) is 0.550. The molecule has 2 heterocycles. The van der Waals surface area contributed by atoms with E-state index in [1.807, 2.05) is 24.3 Å². The number of hydrogen-bond donors (Lipinski definition) is 0. The van der Waals surface area contributed by atoms with Crippen molar-refractivity contribution < 1.29 is 0 Å². The van der Waals surface area contributed by atoms with Crippen molar-refractivity contribution in [1.29, 1.82) is 0 Å². The lowest BCUT2D eigenvalue weighted by molar-refractivity contribution is 0.240. The molecule has 3 aromatic rings. The number of benzene rings is 2. The van der Waals surface area contributed by atoms with Crippen LogP contribution in [-0.2, 0) is 32.5 Å². The molecule has 29 heavy (non-hydrogen) atoms. The second kappa shape index (κ2) is 9.06. The topological polar surface area (TPSA) is 38.1 Å². The van der Waals surface area contributed by atoms with Crippen molar-refractivity contribution in [1.82, 2.24) is 14.5 Å². The predicted molar refractivity (Wildman–Crippen MR) is 120 cm³/mol. The van der Waals surface area contributed by atoms with Crippen LogP contribution in [0.25, 0.3) is 0 Å². The summed E-state index contributed by atoms with van der Waals surface area (Å²) in [7, 11) is 0. The fourth-order valence-corrected chi connectivity index (χ4v) is 4.24. The standard InChI is InChI=1S/C24H26BrN3O/c1-2-4-18-5-3-6-20(13-18)14-27-12-11-23-22(16-27)24(29)28(17-26-23)15-19-7-9-21(25)10-8-19/h3,5-10,13,17H,2,4,11-12,14-16H2,1H3. The first-order chi connectivity index (χ1) is 14.1. The fraction of sp³-hybridized carbons (Fsp3) is 0.333. The predicted octanol–water partition coefficient (Wildman–Crippen LogP) is 4.56. The Hall–Kier alpha value is -2.24. The van der Waals surface area contributed by atoms with Gasteiger partial charge in [-0.2, -0.15) is 0 Å². The van der Waals surface area contributed by atoms with Crippen LogP contribution in [0.3, 0.4) is 0 Å². The van der Waals surface area contributed by atoms with Gasteiger partial charge in [0.1, 0.15) is 0 Å². The smallest absolute Gasteiger partial charge is 0.258 e. The number of nitrogens with zero attached hydrogens (tertiary/aromatic N) is 3. The Morgan fingerprint density at radius 1 is 1.03 bits per heavy atom. The summed E-state index contributed by atoms with van der Waals surface area (Å²) in [5, 5.41) is 0. The SMILES string of the molecule is CCCc1cccc(CN2CCc3ncn(Cc4ccc(Br)cc4)c(=O)c3C2)c1. The molecular formula is C24H26BrN3O. The molecule has 0 fully saturated rings. The van der Waals surface area contributed by atoms with E-state index in [4.69, 9.17) is 0 Å². The average Bonchev–Trinajstić information content (AvgIpc) is 2.73. The van der Waals surface area contributed by atoms with Crippen LogP contribution in [0.5, 0.6) is 0 Å². The zero-order valence-electron chi connectivity index (χ0n) is 16.8. The Morgan fingerprint density at radius 3 is 2.62 bits per heavy atom. The lowest BCUT2D eigenvalue weighted by Crippen LogP contribution is -2.37. The molecule has 4 nitrogen and oxygen atoms in total. The fourth-order valence-electron chi connectivity index (χ4n) is 3.97. The van der Waals surface area contributed by atoms with Gasteiger partial charge in [0, 0.05) is 30.5 Å². The maximum absolute atomic E-state index is 13.1. The van der Waals surface area contributed by atoms with E-state index in [1.54, 1.807) is 10.9 Å². The van der Waals surface area contributed by atoms with E-state index in [2.05, 4.69) is 57.0 Å². The number of fused-ring (bicyclic) bond motifs is 1. The van der Waals surface area contributed by atoms with Crippen molar-refractivity contribution in [3.63, 3.8) is 0 Å². The van der Waals surface area contributed by atoms with Crippen molar-refractivity contribution in [2.45, 2.75) is 45.8 Å². The van der Waals surface area contributed by atoms with Gasteiger partial charge >= 0.3 is 0 Å². The van der Waals surface area contributed by atoms with Crippen molar-refractivity contribution in [3.05, 3.63) is 97.6 Å². The first-order valence-corrected chi connectivity index (χ1v) is 11.0. The molecule has 0 saturated heterocycles. The number of hydrogen-bond acceptors (Lipinski definition) is 3. The van der Waals surface area contributed by atoms with Crippen molar-refractivity contribution in [3.8, 4) is 0 Å². The molecule has 1 aliphatic rings. The second-order valence-electron chi connectivity index (χ2n) is 7.76. The molecule has 5 heteroatoms. The van der Waals surface area contributed by atoms with Crippen LogP contribution in [-0.4, -0.2) is 21.0 Å². The van der Waals surface area contributed by atoms with Gasteiger partial charge in [0.05, 0.1) is 24.1 Å². The Balaban J connectivity index is 1.51. The highest BCUT2D eigenvalue weighted by Gasteiger charge is 2.21. The molecule has 0 saturated carbocycles. The lowest BCUT2D eigenvalue weighted by atomic mass is 10.0. The van der Waals surface area contributed by atoms with Crippen molar-refractivity contribution >= 4 is 15.9 Å². The van der Waals surface area contributed by atoms with Crippen LogP contribution in [0.1, 0.15) is 41.3 Å². The molecule has 0 atom stereocenters. The van der Waals surface area contributed by atoms with Gasteiger partial charge in [-0.1, -0.05) is 65.7 Å². The van der Waals surface area contributed by atoms with Gasteiger partial charge in [-0.25, -0.2) is 4.98 Å². The summed E-state index contributed by atoms with van der Waals surface area (Å²) in [6.45, 7) is 5.23. The van der Waals surface area contributed by atoms with Gasteiger partial charge in [-0.05, 0) is 35.2 Å². The van der Waals surface area contributed by atoms with Crippen LogP contribution >= 0.6 is 15.9 Å². The van der Waals surface area contributed by atoms with Gasteiger partial charge in [0.2, 0.25) is 0 Å². The first kappa shape index (κ1) is 20.0. The summed E-state index contributed by atoms with van der Waals surface area (Å²) >= 11 is 3.45. The van der Waals surface area contributed by atoms with Gasteiger partial charge in [0.25, 0.3) is 5.56 Å². The monoisotopic (exact) mass is 451 g/mol. The summed E-state index contributed by atoms with van der Waals surface area (Å²) in [4.78, 5) is 20.1. The normalized spacial score (nSPS) is 14.0. The van der Waals surface area contributed by atoms with E-state index >= 15 is 0 Å². The Kier molecular flexibility index (Phi) is 6.26. The molecule has 0 unspecified atom stereocenters. The zero-order valence-corrected chi connectivity index (χ0v) is 18.4. The summed E-state index contributed by atoms with van der Waals surface area (Å²) < 4.78 is 2.77. The highest BCUT2D eigenvalue weighted by atomic mass is 79.9. The third kappa shape index (κ3) is 4.85. The molecule has 0 N–H and O–H groups in total. The van der Waals surface area contributed by atoms with Crippen LogP contribution in [0.4, 0.5) is 0 Å². The number of aryl methyl sites for hydroxylation is 1. The molecule has 0 aliphatic carbocycles. The Bertz CT molecular complexity index is 1040. The molecule has 2 aromatic carbocycles. The molecule has 150 valence electrons. The van der Waals surface area contributed by atoms with Crippen molar-refractivity contribution in [2.75, 3.05) is 6.54 Å². The van der Waals surface area contributed by atoms with E-state index in [9.17, 15) is 4.79 Å². The maximum atomic E-state index is 13.1. The van der Waals surface area contributed by atoms with E-state index in [0.717, 1.165) is 53.6 Å². The Labute approximate surface area is 180 Å². The molecule has 0 amide bonds. The molecule has 1 aromatic heterocycles. The Morgan fingerprint density at radius 2 is 1.83 bits per heavy atom. The minimum absolute atomic E-state index is 0.0855. The van der Waals surface area contributed by atoms with Gasteiger partial charge < -0.3 is 0 Å². The third-order valence-corrected chi connectivity index (χ3v) is 6.00. The van der Waals surface area contributed by atoms with E-state index in [0.29, 0.717) is 13.1 Å². The molecule has 0 bridgehead atoms. The van der Waals surface area contributed by atoms with E-state index in [1.165, 1.54) is 11.1 Å². The minimum Gasteiger partial charge on any atom is -0.294 e. The van der Waals surface area contributed by atoms with E-state index < -0.39 is 0 Å². The number of halogens is 1. The summed E-state index contributed by atoms with van der Waals surface area (Å²) in [6, 6.07) is 16.9. The largest absolute Gasteiger partial charge is 0.294 e. The van der Waals surface area contributed by atoms with Gasteiger partial charge in [-0.15, -0.1) is 0 Å². The third-order valence-electron chi connectivity index (χ3n) is 5.47. The van der Waals surface area contributed by atoms with Crippen molar-refractivity contribution in [2.24, 2.45) is 0 Å². The number of rotatable bonds is 6.